The fraction of sp³-hybridized carbons (Fsp3) is 0.368. The van der Waals surface area contributed by atoms with Crippen molar-refractivity contribution in [2.45, 2.75) is 19.4 Å². The number of hydrogen-bond donors (Lipinski definition) is 2. The van der Waals surface area contributed by atoms with Gasteiger partial charge < -0.3 is 20.0 Å². The molecule has 0 spiro atoms. The molecule has 6 nitrogen and oxygen atoms in total. The number of hydrogen-bond acceptors (Lipinski definition) is 3. The summed E-state index contributed by atoms with van der Waals surface area (Å²) < 4.78 is 4.97. The molecule has 1 aromatic heterocycles. The Labute approximate surface area is 147 Å². The highest BCUT2D eigenvalue weighted by atomic mass is 16.3. The van der Waals surface area contributed by atoms with Crippen LogP contribution < -0.4 is 10.6 Å². The van der Waals surface area contributed by atoms with Crippen LogP contribution in [0.15, 0.2) is 53.3 Å². The van der Waals surface area contributed by atoms with Crippen LogP contribution in [0.1, 0.15) is 28.8 Å². The summed E-state index contributed by atoms with van der Waals surface area (Å²) in [5, 5.41) is 5.78. The van der Waals surface area contributed by atoms with Gasteiger partial charge in [-0.25, -0.2) is 4.79 Å². The van der Waals surface area contributed by atoms with Crippen LogP contribution >= 0.6 is 0 Å². The zero-order valence-electron chi connectivity index (χ0n) is 14.1. The number of carbonyl (C=O) groups is 2. The first-order chi connectivity index (χ1) is 12.2. The van der Waals surface area contributed by atoms with Crippen LogP contribution in [0.3, 0.4) is 0 Å². The lowest BCUT2D eigenvalue weighted by molar-refractivity contribution is 0.0690. The highest BCUT2D eigenvalue weighted by Crippen LogP contribution is 2.18. The Hall–Kier alpha value is -2.76. The van der Waals surface area contributed by atoms with Gasteiger partial charge in [-0.2, -0.15) is 0 Å². The van der Waals surface area contributed by atoms with E-state index in [-0.39, 0.29) is 11.9 Å². The molecule has 1 fully saturated rings. The van der Waals surface area contributed by atoms with E-state index in [2.05, 4.69) is 10.6 Å². The molecule has 2 aromatic rings. The van der Waals surface area contributed by atoms with E-state index in [9.17, 15) is 9.59 Å². The van der Waals surface area contributed by atoms with Crippen LogP contribution in [0.25, 0.3) is 0 Å². The van der Waals surface area contributed by atoms with Crippen LogP contribution in [-0.4, -0.2) is 36.5 Å². The predicted molar refractivity (Wildman–Crippen MR) is 94.0 cm³/mol. The molecule has 1 aliphatic heterocycles. The minimum atomic E-state index is -0.152. The van der Waals surface area contributed by atoms with E-state index in [0.29, 0.717) is 37.7 Å². The lowest BCUT2D eigenvalue weighted by Crippen LogP contribution is -2.43. The van der Waals surface area contributed by atoms with Gasteiger partial charge in [0.25, 0.3) is 5.91 Å². The number of amides is 3. The number of carbonyl (C=O) groups excluding carboxylic acids is 2. The lowest BCUT2D eigenvalue weighted by Gasteiger charge is -2.31. The van der Waals surface area contributed by atoms with Gasteiger partial charge in [0.15, 0.2) is 0 Å². The maximum absolute atomic E-state index is 12.2. The second kappa shape index (κ2) is 8.37. The molecule has 0 saturated carbocycles. The molecule has 2 N–H and O–H groups in total. The van der Waals surface area contributed by atoms with Crippen molar-refractivity contribution in [2.24, 2.45) is 5.92 Å². The van der Waals surface area contributed by atoms with Crippen molar-refractivity contribution in [3.05, 3.63) is 60.1 Å². The Kier molecular flexibility index (Phi) is 5.72. The molecule has 2 heterocycles. The number of benzene rings is 1. The Morgan fingerprint density at radius 2 is 1.84 bits per heavy atom. The van der Waals surface area contributed by atoms with Crippen molar-refractivity contribution in [1.29, 1.82) is 0 Å². The van der Waals surface area contributed by atoms with Gasteiger partial charge in [0.2, 0.25) is 0 Å². The maximum atomic E-state index is 12.2. The van der Waals surface area contributed by atoms with Crippen molar-refractivity contribution in [3.63, 3.8) is 0 Å². The van der Waals surface area contributed by atoms with Crippen LogP contribution in [0.4, 0.5) is 4.79 Å². The van der Waals surface area contributed by atoms with Crippen molar-refractivity contribution in [2.75, 3.05) is 19.6 Å². The molecular formula is C19H23N3O3. The monoisotopic (exact) mass is 341 g/mol. The summed E-state index contributed by atoms with van der Waals surface area (Å²) in [5.41, 5.74) is 1.67. The smallest absolute Gasteiger partial charge is 0.315 e. The second-order valence-corrected chi connectivity index (χ2v) is 6.30. The van der Waals surface area contributed by atoms with Gasteiger partial charge in [0, 0.05) is 26.2 Å². The van der Waals surface area contributed by atoms with Crippen LogP contribution in [0, 0.1) is 5.92 Å². The molecule has 6 heteroatoms. The van der Waals surface area contributed by atoms with Crippen LogP contribution in [0.5, 0.6) is 0 Å². The van der Waals surface area contributed by atoms with Crippen molar-refractivity contribution in [1.82, 2.24) is 15.5 Å². The van der Waals surface area contributed by atoms with Crippen molar-refractivity contribution < 1.29 is 14.0 Å². The summed E-state index contributed by atoms with van der Waals surface area (Å²) in [6, 6.07) is 11.3. The minimum Gasteiger partial charge on any atom is -0.472 e. The number of likely N-dealkylation sites (tertiary alicyclic amines) is 1. The van der Waals surface area contributed by atoms with Gasteiger partial charge >= 0.3 is 6.03 Å². The van der Waals surface area contributed by atoms with Crippen LogP contribution in [0.2, 0.25) is 0 Å². The molecular weight excluding hydrogens is 318 g/mol. The van der Waals surface area contributed by atoms with Crippen molar-refractivity contribution in [3.8, 4) is 0 Å². The normalized spacial score (nSPS) is 15.0. The first kappa shape index (κ1) is 17.1. The Morgan fingerprint density at radius 3 is 2.52 bits per heavy atom. The molecule has 3 rings (SSSR count). The zero-order chi connectivity index (χ0) is 17.5. The third-order valence-electron chi connectivity index (χ3n) is 4.52. The molecule has 25 heavy (non-hydrogen) atoms. The molecule has 0 bridgehead atoms. The van der Waals surface area contributed by atoms with E-state index >= 15 is 0 Å². The van der Waals surface area contributed by atoms with Crippen molar-refractivity contribution >= 4 is 11.9 Å². The number of urea groups is 1. The number of furan rings is 1. The first-order valence-electron chi connectivity index (χ1n) is 8.59. The molecule has 0 unspecified atom stereocenters. The standard InChI is InChI=1S/C19H23N3O3/c23-18(17-8-11-25-14-17)22-9-6-16(7-10-22)13-21-19(24)20-12-15-4-2-1-3-5-15/h1-5,8,11,14,16H,6-7,9-10,12-13H2,(H2,20,21,24). The SMILES string of the molecule is O=C(NCc1ccccc1)NCC1CCN(C(=O)c2ccoc2)CC1. The third kappa shape index (κ3) is 4.86. The Bertz CT molecular complexity index is 677. The van der Waals surface area contributed by atoms with Gasteiger partial charge in [-0.3, -0.25) is 4.79 Å². The highest BCUT2D eigenvalue weighted by Gasteiger charge is 2.24. The number of nitrogens with one attached hydrogen (secondary N) is 2. The fourth-order valence-electron chi connectivity index (χ4n) is 2.99. The zero-order valence-corrected chi connectivity index (χ0v) is 14.1. The van der Waals surface area contributed by atoms with Gasteiger partial charge in [-0.15, -0.1) is 0 Å². The fourth-order valence-corrected chi connectivity index (χ4v) is 2.99. The molecule has 0 atom stereocenters. The van der Waals surface area contributed by atoms with E-state index in [1.54, 1.807) is 6.07 Å². The van der Waals surface area contributed by atoms with Gasteiger partial charge in [-0.1, -0.05) is 30.3 Å². The summed E-state index contributed by atoms with van der Waals surface area (Å²) in [4.78, 5) is 26.0. The van der Waals surface area contributed by atoms with E-state index in [1.165, 1.54) is 12.5 Å². The van der Waals surface area contributed by atoms with E-state index in [0.717, 1.165) is 18.4 Å². The van der Waals surface area contributed by atoms with E-state index < -0.39 is 0 Å². The molecule has 3 amide bonds. The second-order valence-electron chi connectivity index (χ2n) is 6.30. The van der Waals surface area contributed by atoms with Gasteiger partial charge in [-0.05, 0) is 30.4 Å². The third-order valence-corrected chi connectivity index (χ3v) is 4.52. The summed E-state index contributed by atoms with van der Waals surface area (Å²) in [6.07, 6.45) is 4.77. The molecule has 1 aromatic carbocycles. The number of nitrogens with zero attached hydrogens (tertiary/aromatic N) is 1. The molecule has 132 valence electrons. The highest BCUT2D eigenvalue weighted by molar-refractivity contribution is 5.93. The topological polar surface area (TPSA) is 74.6 Å². The molecule has 0 aliphatic carbocycles. The van der Waals surface area contributed by atoms with Gasteiger partial charge in [0.05, 0.1) is 11.8 Å². The van der Waals surface area contributed by atoms with Crippen LogP contribution in [-0.2, 0) is 6.54 Å². The summed E-state index contributed by atoms with van der Waals surface area (Å²) in [7, 11) is 0. The lowest BCUT2D eigenvalue weighted by atomic mass is 9.96. The Morgan fingerprint density at radius 1 is 1.08 bits per heavy atom. The number of rotatable bonds is 5. The molecule has 1 aliphatic rings. The summed E-state index contributed by atoms with van der Waals surface area (Å²) in [6.45, 7) is 2.57. The maximum Gasteiger partial charge on any atom is 0.315 e. The Balaban J connectivity index is 1.35. The summed E-state index contributed by atoms with van der Waals surface area (Å²) in [5.74, 6) is 0.414. The van der Waals surface area contributed by atoms with Gasteiger partial charge in [0.1, 0.15) is 6.26 Å². The average Bonchev–Trinajstić information content (AvgIpc) is 3.20. The average molecular weight is 341 g/mol. The minimum absolute atomic E-state index is 0.0146. The quantitative estimate of drug-likeness (QED) is 0.878. The largest absolute Gasteiger partial charge is 0.472 e. The number of piperidine rings is 1. The summed E-state index contributed by atoms with van der Waals surface area (Å²) >= 11 is 0. The molecule has 0 radical (unpaired) electrons. The predicted octanol–water partition coefficient (Wildman–Crippen LogP) is 2.63. The van der Waals surface area contributed by atoms with E-state index in [4.69, 9.17) is 4.42 Å². The molecule has 1 saturated heterocycles. The van der Waals surface area contributed by atoms with E-state index in [1.807, 2.05) is 35.2 Å². The first-order valence-corrected chi connectivity index (χ1v) is 8.59.